The van der Waals surface area contributed by atoms with Gasteiger partial charge in [-0.1, -0.05) is 51.6 Å². The van der Waals surface area contributed by atoms with Gasteiger partial charge in [-0.15, -0.1) is 0 Å². The molecule has 1 aromatic carbocycles. The minimum absolute atomic E-state index is 0.555. The van der Waals surface area contributed by atoms with Gasteiger partial charge in [0.1, 0.15) is 0 Å². The molecular weight excluding hydrogens is 266 g/mol. The van der Waals surface area contributed by atoms with Crippen molar-refractivity contribution in [1.82, 2.24) is 14.5 Å². The summed E-state index contributed by atoms with van der Waals surface area (Å²) < 4.78 is 2.37. The molecule has 2 rings (SSSR count). The minimum atomic E-state index is 0.555. The highest BCUT2D eigenvalue weighted by Gasteiger charge is 2.12. The van der Waals surface area contributed by atoms with E-state index in [1.54, 1.807) is 0 Å². The van der Waals surface area contributed by atoms with Crippen molar-refractivity contribution in [1.29, 1.82) is 0 Å². The molecule has 0 aliphatic carbocycles. The van der Waals surface area contributed by atoms with Gasteiger partial charge in [0.15, 0.2) is 5.16 Å². The van der Waals surface area contributed by atoms with Crippen molar-refractivity contribution in [3.8, 4) is 0 Å². The lowest BCUT2D eigenvalue weighted by molar-refractivity contribution is 0.288. The number of benzene rings is 1. The van der Waals surface area contributed by atoms with Crippen molar-refractivity contribution >= 4 is 22.8 Å². The van der Waals surface area contributed by atoms with E-state index in [-0.39, 0.29) is 0 Å². The average molecular weight is 291 g/mol. The predicted octanol–water partition coefficient (Wildman–Crippen LogP) is 3.88. The van der Waals surface area contributed by atoms with E-state index in [0.717, 1.165) is 36.9 Å². The van der Waals surface area contributed by atoms with Crippen LogP contribution >= 0.6 is 11.8 Å². The van der Waals surface area contributed by atoms with Crippen LogP contribution in [0.5, 0.6) is 0 Å². The largest absolute Gasteiger partial charge is 0.318 e. The maximum Gasteiger partial charge on any atom is 0.169 e. The van der Waals surface area contributed by atoms with Crippen LogP contribution in [0.3, 0.4) is 0 Å². The van der Waals surface area contributed by atoms with E-state index in [2.05, 4.69) is 61.4 Å². The van der Waals surface area contributed by atoms with Crippen molar-refractivity contribution in [2.45, 2.75) is 44.6 Å². The molecule has 0 fully saturated rings. The number of aromatic nitrogens is 2. The van der Waals surface area contributed by atoms with Gasteiger partial charge in [-0.25, -0.2) is 4.98 Å². The lowest BCUT2D eigenvalue weighted by atomic mass is 10.3. The van der Waals surface area contributed by atoms with Gasteiger partial charge in [0.05, 0.1) is 11.0 Å². The van der Waals surface area contributed by atoms with Crippen molar-refractivity contribution in [2.75, 3.05) is 19.6 Å². The Morgan fingerprint density at radius 1 is 1.20 bits per heavy atom. The lowest BCUT2D eigenvalue weighted by Crippen LogP contribution is -2.27. The molecule has 3 nitrogen and oxygen atoms in total. The summed E-state index contributed by atoms with van der Waals surface area (Å²) in [6.45, 7) is 13.2. The number of hydrogen-bond donors (Lipinski definition) is 0. The maximum absolute atomic E-state index is 4.79. The number of imidazole rings is 1. The third kappa shape index (κ3) is 3.55. The highest BCUT2D eigenvalue weighted by Crippen LogP contribution is 2.26. The standard InChI is InChI=1S/C16H25N3S/c1-5-18(6-2)11-12-19-15-10-8-7-9-14(15)17-16(19)20-13(3)4/h7-10,13H,5-6,11-12H2,1-4H3. The first-order valence-electron chi connectivity index (χ1n) is 7.50. The third-order valence-corrected chi connectivity index (χ3v) is 4.49. The molecule has 1 heterocycles. The van der Waals surface area contributed by atoms with Crippen LogP contribution in [0.4, 0.5) is 0 Å². The first-order chi connectivity index (χ1) is 9.65. The van der Waals surface area contributed by atoms with Gasteiger partial charge in [0, 0.05) is 18.3 Å². The lowest BCUT2D eigenvalue weighted by Gasteiger charge is -2.19. The summed E-state index contributed by atoms with van der Waals surface area (Å²) in [4.78, 5) is 7.25. The van der Waals surface area contributed by atoms with E-state index in [0.29, 0.717) is 5.25 Å². The van der Waals surface area contributed by atoms with Crippen molar-refractivity contribution in [3.63, 3.8) is 0 Å². The molecule has 0 aliphatic rings. The molecule has 0 N–H and O–H groups in total. The summed E-state index contributed by atoms with van der Waals surface area (Å²) in [7, 11) is 0. The second-order valence-electron chi connectivity index (χ2n) is 5.23. The molecule has 110 valence electrons. The summed E-state index contributed by atoms with van der Waals surface area (Å²) in [5.41, 5.74) is 2.36. The smallest absolute Gasteiger partial charge is 0.169 e. The summed E-state index contributed by atoms with van der Waals surface area (Å²) >= 11 is 1.85. The normalized spacial score (nSPS) is 11.9. The first kappa shape index (κ1) is 15.4. The molecular formula is C16H25N3S. The Kier molecular flexibility index (Phi) is 5.49. The fraction of sp³-hybridized carbons (Fsp3) is 0.562. The van der Waals surface area contributed by atoms with E-state index in [1.165, 1.54) is 5.52 Å². The molecule has 0 spiro atoms. The number of rotatable bonds is 7. The fourth-order valence-corrected chi connectivity index (χ4v) is 3.24. The van der Waals surface area contributed by atoms with Gasteiger partial charge in [0.2, 0.25) is 0 Å². The molecule has 1 aromatic heterocycles. The predicted molar refractivity (Wildman–Crippen MR) is 88.5 cm³/mol. The number of likely N-dealkylation sites (N-methyl/N-ethyl adjacent to an activating group) is 1. The van der Waals surface area contributed by atoms with Crippen molar-refractivity contribution < 1.29 is 0 Å². The van der Waals surface area contributed by atoms with Crippen LogP contribution in [0, 0.1) is 0 Å². The van der Waals surface area contributed by atoms with Gasteiger partial charge in [-0.3, -0.25) is 0 Å². The van der Waals surface area contributed by atoms with Crippen LogP contribution in [0.25, 0.3) is 11.0 Å². The van der Waals surface area contributed by atoms with Gasteiger partial charge in [0.25, 0.3) is 0 Å². The van der Waals surface area contributed by atoms with Crippen LogP contribution < -0.4 is 0 Å². The van der Waals surface area contributed by atoms with E-state index in [1.807, 2.05) is 11.8 Å². The summed E-state index contributed by atoms with van der Waals surface area (Å²) in [5, 5.41) is 1.70. The Labute approximate surface area is 126 Å². The van der Waals surface area contributed by atoms with E-state index < -0.39 is 0 Å². The summed E-state index contributed by atoms with van der Waals surface area (Å²) in [6, 6.07) is 8.44. The zero-order valence-electron chi connectivity index (χ0n) is 13.0. The molecule has 2 aromatic rings. The molecule has 0 atom stereocenters. The van der Waals surface area contributed by atoms with Crippen LogP contribution in [0.1, 0.15) is 27.7 Å². The molecule has 0 bridgehead atoms. The highest BCUT2D eigenvalue weighted by atomic mass is 32.2. The Morgan fingerprint density at radius 2 is 1.90 bits per heavy atom. The van der Waals surface area contributed by atoms with Crippen molar-refractivity contribution in [3.05, 3.63) is 24.3 Å². The first-order valence-corrected chi connectivity index (χ1v) is 8.38. The monoisotopic (exact) mass is 291 g/mol. The van der Waals surface area contributed by atoms with Crippen molar-refractivity contribution in [2.24, 2.45) is 0 Å². The summed E-state index contributed by atoms with van der Waals surface area (Å²) in [6.07, 6.45) is 0. The molecule has 4 heteroatoms. The number of nitrogens with zero attached hydrogens (tertiary/aromatic N) is 3. The Hall–Kier alpha value is -1.00. The minimum Gasteiger partial charge on any atom is -0.318 e. The Morgan fingerprint density at radius 3 is 2.55 bits per heavy atom. The average Bonchev–Trinajstić information content (AvgIpc) is 2.77. The second-order valence-corrected chi connectivity index (χ2v) is 6.77. The quantitative estimate of drug-likeness (QED) is 0.722. The van der Waals surface area contributed by atoms with Crippen LogP contribution in [-0.4, -0.2) is 39.3 Å². The number of thioether (sulfide) groups is 1. The van der Waals surface area contributed by atoms with E-state index >= 15 is 0 Å². The Balaban J connectivity index is 2.28. The molecule has 0 unspecified atom stereocenters. The highest BCUT2D eigenvalue weighted by molar-refractivity contribution is 7.99. The van der Waals surface area contributed by atoms with Gasteiger partial charge >= 0.3 is 0 Å². The molecule has 0 radical (unpaired) electrons. The fourth-order valence-electron chi connectivity index (χ4n) is 2.35. The summed E-state index contributed by atoms with van der Waals surface area (Å²) in [5.74, 6) is 0. The number of fused-ring (bicyclic) bond motifs is 1. The molecule has 20 heavy (non-hydrogen) atoms. The van der Waals surface area contributed by atoms with Gasteiger partial charge in [-0.05, 0) is 25.2 Å². The third-order valence-electron chi connectivity index (χ3n) is 3.49. The zero-order chi connectivity index (χ0) is 14.5. The van der Waals surface area contributed by atoms with E-state index in [9.17, 15) is 0 Å². The molecule has 0 saturated carbocycles. The SMILES string of the molecule is CCN(CC)CCn1c(SC(C)C)nc2ccccc21. The van der Waals surface area contributed by atoms with Crippen LogP contribution in [0.15, 0.2) is 29.4 Å². The zero-order valence-corrected chi connectivity index (χ0v) is 13.8. The van der Waals surface area contributed by atoms with Crippen LogP contribution in [0.2, 0.25) is 0 Å². The maximum atomic E-state index is 4.79. The second kappa shape index (κ2) is 7.14. The number of para-hydroxylation sites is 2. The number of hydrogen-bond acceptors (Lipinski definition) is 3. The molecule has 0 aliphatic heterocycles. The van der Waals surface area contributed by atoms with Gasteiger partial charge < -0.3 is 9.47 Å². The topological polar surface area (TPSA) is 21.1 Å². The van der Waals surface area contributed by atoms with E-state index in [4.69, 9.17) is 4.98 Å². The molecule has 0 amide bonds. The Bertz CT molecular complexity index is 544. The van der Waals surface area contributed by atoms with Crippen LogP contribution in [-0.2, 0) is 6.54 Å². The molecule has 0 saturated heterocycles. The van der Waals surface area contributed by atoms with Gasteiger partial charge in [-0.2, -0.15) is 0 Å².